The lowest BCUT2D eigenvalue weighted by molar-refractivity contribution is -0.139. The highest BCUT2D eigenvalue weighted by molar-refractivity contribution is 5.95. The predicted octanol–water partition coefficient (Wildman–Crippen LogP) is 2.66. The molecule has 0 aromatic heterocycles. The van der Waals surface area contributed by atoms with E-state index < -0.39 is 23.1 Å². The molecule has 154 valence electrons. The molecule has 0 saturated carbocycles. The molecule has 3 N–H and O–H groups in total. The van der Waals surface area contributed by atoms with Gasteiger partial charge in [0.25, 0.3) is 0 Å². The molecule has 2 atom stereocenters. The summed E-state index contributed by atoms with van der Waals surface area (Å²) in [6, 6.07) is 18.6. The summed E-state index contributed by atoms with van der Waals surface area (Å²) in [5.74, 6) is -0.772. The summed E-state index contributed by atoms with van der Waals surface area (Å²) in [6.45, 7) is 2.90. The number of amides is 2. The summed E-state index contributed by atoms with van der Waals surface area (Å²) >= 11 is 0. The fraction of sp³-hybridized carbons (Fsp3) is 0.227. The summed E-state index contributed by atoms with van der Waals surface area (Å²) in [5.41, 5.74) is -0.167. The zero-order valence-corrected chi connectivity index (χ0v) is 16.8. The van der Waals surface area contributed by atoms with Crippen molar-refractivity contribution in [2.75, 3.05) is 12.4 Å². The van der Waals surface area contributed by atoms with Gasteiger partial charge in [0, 0.05) is 11.4 Å². The number of hydrogen-bond acceptors (Lipinski definition) is 6. The van der Waals surface area contributed by atoms with Gasteiger partial charge in [-0.05, 0) is 31.5 Å². The van der Waals surface area contributed by atoms with Gasteiger partial charge in [0.2, 0.25) is 0 Å². The summed E-state index contributed by atoms with van der Waals surface area (Å²) < 4.78 is 4.91. The first-order valence-corrected chi connectivity index (χ1v) is 9.21. The smallest absolute Gasteiger partial charge is 0.338 e. The molecule has 2 amide bonds. The van der Waals surface area contributed by atoms with Crippen LogP contribution in [0.15, 0.2) is 71.9 Å². The number of nitrogens with one attached hydrogen (secondary N) is 2. The van der Waals surface area contributed by atoms with Crippen LogP contribution in [0, 0.1) is 11.3 Å². The molecule has 0 spiro atoms. The van der Waals surface area contributed by atoms with E-state index >= 15 is 0 Å². The van der Waals surface area contributed by atoms with Gasteiger partial charge in [-0.2, -0.15) is 5.26 Å². The van der Waals surface area contributed by atoms with Crippen molar-refractivity contribution in [3.8, 4) is 6.07 Å². The molecule has 0 aliphatic carbocycles. The number of allylic oxidation sites excluding steroid dienone is 1. The minimum Gasteiger partial charge on any atom is -0.466 e. The first-order chi connectivity index (χ1) is 14.3. The number of para-hydroxylation sites is 1. The Labute approximate surface area is 174 Å². The average Bonchev–Trinajstić information content (AvgIpc) is 2.92. The topological polar surface area (TPSA) is 115 Å². The van der Waals surface area contributed by atoms with Gasteiger partial charge < -0.3 is 15.2 Å². The molecular weight excluding hydrogens is 384 g/mol. The molecule has 8 heteroatoms. The fourth-order valence-electron chi connectivity index (χ4n) is 3.82. The summed E-state index contributed by atoms with van der Waals surface area (Å²) in [6.07, 6.45) is 0. The normalized spacial score (nSPS) is 23.0. The molecule has 0 bridgehead atoms. The van der Waals surface area contributed by atoms with Crippen LogP contribution in [-0.2, 0) is 14.9 Å². The molecule has 0 radical (unpaired) electrons. The fourth-order valence-corrected chi connectivity index (χ4v) is 3.82. The molecule has 3 rings (SSSR count). The SMILES string of the molecule is COC(=O)C1=C(C)N(NC(=O)Nc2ccccc2)C(C)(O)C1(C#N)c1ccccc1. The van der Waals surface area contributed by atoms with E-state index in [2.05, 4.69) is 16.8 Å². The maximum Gasteiger partial charge on any atom is 0.338 e. The molecule has 8 nitrogen and oxygen atoms in total. The van der Waals surface area contributed by atoms with Gasteiger partial charge in [0.05, 0.1) is 18.8 Å². The molecule has 0 saturated heterocycles. The van der Waals surface area contributed by atoms with Gasteiger partial charge in [0.1, 0.15) is 0 Å². The lowest BCUT2D eigenvalue weighted by atomic mass is 9.70. The van der Waals surface area contributed by atoms with Crippen molar-refractivity contribution in [3.05, 3.63) is 77.5 Å². The number of hydrogen-bond donors (Lipinski definition) is 3. The Kier molecular flexibility index (Phi) is 5.49. The van der Waals surface area contributed by atoms with Crippen molar-refractivity contribution in [1.29, 1.82) is 5.26 Å². The van der Waals surface area contributed by atoms with Crippen LogP contribution in [0.1, 0.15) is 19.4 Å². The van der Waals surface area contributed by atoms with Crippen LogP contribution in [0.3, 0.4) is 0 Å². The monoisotopic (exact) mass is 406 g/mol. The van der Waals surface area contributed by atoms with E-state index in [0.717, 1.165) is 5.01 Å². The Morgan fingerprint density at radius 1 is 1.10 bits per heavy atom. The van der Waals surface area contributed by atoms with Crippen LogP contribution in [-0.4, -0.2) is 35.0 Å². The summed E-state index contributed by atoms with van der Waals surface area (Å²) in [4.78, 5) is 25.3. The number of carbonyl (C=O) groups excluding carboxylic acids is 2. The van der Waals surface area contributed by atoms with Gasteiger partial charge in [-0.25, -0.2) is 15.0 Å². The molecule has 0 fully saturated rings. The molecular formula is C22H22N4O4. The number of rotatable bonds is 4. The van der Waals surface area contributed by atoms with Crippen molar-refractivity contribution in [3.63, 3.8) is 0 Å². The van der Waals surface area contributed by atoms with Gasteiger partial charge in [-0.15, -0.1) is 0 Å². The standard InChI is InChI=1S/C22H22N4O4/c1-15-18(19(27)30-3)22(14-23,16-10-6-4-7-11-16)21(2,29)26(15)25-20(28)24-17-12-8-5-9-13-17/h4-13,29H,1-3H3,(H2,24,25,28). The van der Waals surface area contributed by atoms with Crippen molar-refractivity contribution in [1.82, 2.24) is 10.4 Å². The number of benzene rings is 2. The quantitative estimate of drug-likeness (QED) is 0.673. The predicted molar refractivity (Wildman–Crippen MR) is 110 cm³/mol. The number of ether oxygens (including phenoxy) is 1. The second kappa shape index (κ2) is 7.89. The third-order valence-electron chi connectivity index (χ3n) is 5.23. The molecule has 2 aromatic rings. The van der Waals surface area contributed by atoms with Crippen molar-refractivity contribution < 1.29 is 19.4 Å². The third kappa shape index (κ3) is 3.15. The minimum absolute atomic E-state index is 0.0521. The van der Waals surface area contributed by atoms with Crippen LogP contribution >= 0.6 is 0 Å². The molecule has 1 aliphatic rings. The lowest BCUT2D eigenvalue weighted by Crippen LogP contribution is -2.61. The highest BCUT2D eigenvalue weighted by Crippen LogP contribution is 2.51. The number of aliphatic hydroxyl groups is 1. The largest absolute Gasteiger partial charge is 0.466 e. The number of nitrogens with zero attached hydrogens (tertiary/aromatic N) is 2. The Bertz CT molecular complexity index is 1030. The lowest BCUT2D eigenvalue weighted by Gasteiger charge is -2.41. The first kappa shape index (κ1) is 20.9. The van der Waals surface area contributed by atoms with Crippen LogP contribution in [0.25, 0.3) is 0 Å². The first-order valence-electron chi connectivity index (χ1n) is 9.21. The highest BCUT2D eigenvalue weighted by atomic mass is 16.5. The second-order valence-electron chi connectivity index (χ2n) is 6.97. The maximum atomic E-state index is 12.7. The van der Waals surface area contributed by atoms with Gasteiger partial charge in [-0.3, -0.25) is 5.01 Å². The zero-order chi connectivity index (χ0) is 21.9. The minimum atomic E-state index is -2.00. The van der Waals surface area contributed by atoms with Crippen LogP contribution < -0.4 is 10.7 Å². The van der Waals surface area contributed by atoms with Crippen molar-refractivity contribution >= 4 is 17.7 Å². The van der Waals surface area contributed by atoms with E-state index in [4.69, 9.17) is 4.74 Å². The number of methoxy groups -OCH3 is 1. The molecule has 1 heterocycles. The molecule has 30 heavy (non-hydrogen) atoms. The van der Waals surface area contributed by atoms with E-state index in [-0.39, 0.29) is 11.3 Å². The Morgan fingerprint density at radius 3 is 2.20 bits per heavy atom. The van der Waals surface area contributed by atoms with E-state index in [1.165, 1.54) is 21.0 Å². The van der Waals surface area contributed by atoms with Gasteiger partial charge in [0.15, 0.2) is 11.1 Å². The average molecular weight is 406 g/mol. The summed E-state index contributed by atoms with van der Waals surface area (Å²) in [7, 11) is 1.20. The molecule has 2 unspecified atom stereocenters. The van der Waals surface area contributed by atoms with E-state index in [1.807, 2.05) is 6.07 Å². The maximum absolute atomic E-state index is 12.7. The Morgan fingerprint density at radius 2 is 1.67 bits per heavy atom. The molecule has 1 aliphatic heterocycles. The van der Waals surface area contributed by atoms with Crippen molar-refractivity contribution in [2.24, 2.45) is 0 Å². The number of urea groups is 1. The van der Waals surface area contributed by atoms with Gasteiger partial charge in [-0.1, -0.05) is 48.5 Å². The molecule has 2 aromatic carbocycles. The van der Waals surface area contributed by atoms with Crippen LogP contribution in [0.5, 0.6) is 0 Å². The van der Waals surface area contributed by atoms with Crippen LogP contribution in [0.2, 0.25) is 0 Å². The number of hydrazine groups is 1. The number of anilines is 1. The van der Waals surface area contributed by atoms with Crippen LogP contribution in [0.4, 0.5) is 10.5 Å². The number of carbonyl (C=O) groups is 2. The van der Waals surface area contributed by atoms with Crippen molar-refractivity contribution in [2.45, 2.75) is 25.0 Å². The number of nitriles is 1. The Hall–Kier alpha value is -3.83. The third-order valence-corrected chi connectivity index (χ3v) is 5.23. The second-order valence-corrected chi connectivity index (χ2v) is 6.97. The number of esters is 1. The van der Waals surface area contributed by atoms with Gasteiger partial charge >= 0.3 is 12.0 Å². The van der Waals surface area contributed by atoms with E-state index in [0.29, 0.717) is 11.3 Å². The highest BCUT2D eigenvalue weighted by Gasteiger charge is 2.64. The summed E-state index contributed by atoms with van der Waals surface area (Å²) in [5, 5.41) is 25.5. The van der Waals surface area contributed by atoms with E-state index in [1.54, 1.807) is 54.6 Å². The zero-order valence-electron chi connectivity index (χ0n) is 16.8. The Balaban J connectivity index is 2.07. The van der Waals surface area contributed by atoms with E-state index in [9.17, 15) is 20.0 Å².